The summed E-state index contributed by atoms with van der Waals surface area (Å²) in [6.45, 7) is 17.2. The lowest BCUT2D eigenvalue weighted by atomic mass is 10.1. The number of pyridine rings is 1. The number of aliphatic hydroxyl groups excluding tert-OH is 2. The molecule has 4 fully saturated rings. The Morgan fingerprint density at radius 3 is 2.34 bits per heavy atom. The van der Waals surface area contributed by atoms with Crippen LogP contribution in [-0.2, 0) is 28.8 Å². The smallest absolute Gasteiger partial charge is 0.339 e. The molecule has 0 amide bonds. The number of Topliss-reactive ketones (excluding diaryl/α,β-unsaturated/α-hetero) is 1. The molecule has 0 bridgehead atoms. The van der Waals surface area contributed by atoms with E-state index in [9.17, 15) is 28.2 Å². The van der Waals surface area contributed by atoms with Gasteiger partial charge in [-0.1, -0.05) is 28.0 Å². The van der Waals surface area contributed by atoms with Crippen molar-refractivity contribution in [3.63, 3.8) is 0 Å². The molecule has 62 heavy (non-hydrogen) atoms. The lowest BCUT2D eigenvalue weighted by Gasteiger charge is -2.25. The van der Waals surface area contributed by atoms with E-state index in [1.165, 1.54) is 44.1 Å². The molecule has 360 valence electrons. The second-order valence-electron chi connectivity index (χ2n) is 17.0. The first-order valence-electron chi connectivity index (χ1n) is 21.9. The number of ether oxygens (including phenoxy) is 3. The minimum Gasteiger partial charge on any atom is -0.456 e. The molecule has 4 aliphatic heterocycles. The second kappa shape index (κ2) is 35.0. The van der Waals surface area contributed by atoms with Gasteiger partial charge in [-0.05, 0) is 110 Å². The van der Waals surface area contributed by atoms with Crippen LogP contribution >= 0.6 is 46.4 Å². The van der Waals surface area contributed by atoms with Gasteiger partial charge in [-0.15, -0.1) is 24.8 Å². The van der Waals surface area contributed by atoms with Gasteiger partial charge in [0.2, 0.25) is 6.54 Å². The van der Waals surface area contributed by atoms with Gasteiger partial charge in [-0.25, -0.2) is 19.8 Å². The average molecular weight is 976 g/mol. The van der Waals surface area contributed by atoms with E-state index >= 15 is 0 Å². The molecule has 6 unspecified atom stereocenters. The van der Waals surface area contributed by atoms with E-state index in [1.54, 1.807) is 32.2 Å². The molecule has 0 aliphatic carbocycles. The standard InChI is InChI=1S/C12H22N2O2S.C11H17N2O2.C11H21NO4.C9H16OS2.2ClH/c1-13-7-2-5-11-17(15,16)12-6-10-14-8-3-4-9-14;1-13(2,3)7-8-15-11(14)10-5-4-6-12-9-10;1-7-10(13)11(14)9(16-7)6-15-8-3-2-4-12-5-8;1-8(10)4-2-3-5-9-6-7-11-12-9;;/h2-12H2;4-6,9H,7-8H2,1-3H3;7-14H,2-6H2,1H3;9H,2-7H2,1H3;2*1H/q;+1;;;;. The van der Waals surface area contributed by atoms with Gasteiger partial charge in [0, 0.05) is 42.8 Å². The summed E-state index contributed by atoms with van der Waals surface area (Å²) in [5.41, 5.74) is 0.499. The van der Waals surface area contributed by atoms with E-state index in [4.69, 9.17) is 20.8 Å². The number of unbranched alkanes of at least 4 members (excludes halogenated alkanes) is 2. The topological polar surface area (TPSA) is 169 Å². The first-order chi connectivity index (χ1) is 28.6. The zero-order chi connectivity index (χ0) is 44.2. The number of aromatic nitrogens is 1. The third-order valence-corrected chi connectivity index (χ3v) is 15.2. The maximum absolute atomic E-state index is 11.7. The van der Waals surface area contributed by atoms with Crippen LogP contribution in [0.4, 0.5) is 0 Å². The van der Waals surface area contributed by atoms with Crippen LogP contribution in [-0.4, -0.2) is 178 Å². The number of likely N-dealkylation sites (N-methyl/N-ethyl adjacent to an activating group) is 1. The number of carbonyl (C=O) groups is 2. The number of nitrogens with zero attached hydrogens (tertiary/aromatic N) is 4. The fourth-order valence-electron chi connectivity index (χ4n) is 6.68. The molecular formula is C43H78Cl2N5O9S3+. The molecular weight excluding hydrogens is 898 g/mol. The Labute approximate surface area is 393 Å². The Hall–Kier alpha value is -1.27. The molecule has 3 N–H and O–H groups in total. The van der Waals surface area contributed by atoms with Gasteiger partial charge < -0.3 is 48.8 Å². The van der Waals surface area contributed by atoms with Crippen molar-refractivity contribution in [1.82, 2.24) is 15.2 Å². The van der Waals surface area contributed by atoms with Crippen LogP contribution < -0.4 is 5.32 Å². The van der Waals surface area contributed by atoms with Crippen LogP contribution in [0.2, 0.25) is 0 Å². The SMILES string of the molecule is CC(=O)CCCCC1CCSS1.CC1OC(COC2CCCNC2)C(O)C1O.C[N+](C)(C)CCOC(=O)c1cccnc1.Cl.Cl.[C-]#[N+]CCCCS(=O)(=O)CCCN1CCCC1. The zero-order valence-electron chi connectivity index (χ0n) is 37.8. The normalized spacial score (nSPS) is 23.4. The third-order valence-electron chi connectivity index (χ3n) is 10.4. The predicted octanol–water partition coefficient (Wildman–Crippen LogP) is 5.93. The van der Waals surface area contributed by atoms with Crippen molar-refractivity contribution in [3.05, 3.63) is 41.5 Å². The first kappa shape index (κ1) is 60.7. The number of nitrogens with one attached hydrogen (secondary N) is 1. The third kappa shape index (κ3) is 29.3. The maximum Gasteiger partial charge on any atom is 0.339 e. The van der Waals surface area contributed by atoms with E-state index in [-0.39, 0.29) is 48.7 Å². The summed E-state index contributed by atoms with van der Waals surface area (Å²) in [4.78, 5) is 31.5. The highest BCUT2D eigenvalue weighted by molar-refractivity contribution is 8.77. The summed E-state index contributed by atoms with van der Waals surface area (Å²) in [5.74, 6) is 1.91. The van der Waals surface area contributed by atoms with Crippen LogP contribution in [0.15, 0.2) is 24.5 Å². The van der Waals surface area contributed by atoms with Crippen LogP contribution in [0.3, 0.4) is 0 Å². The number of halogens is 2. The lowest BCUT2D eigenvalue weighted by Crippen LogP contribution is -2.39. The van der Waals surface area contributed by atoms with Crippen molar-refractivity contribution < 1.29 is 46.9 Å². The fourth-order valence-corrected chi connectivity index (χ4v) is 11.1. The molecule has 1 aromatic heterocycles. The number of sulfone groups is 1. The maximum atomic E-state index is 11.7. The number of aliphatic hydroxyl groups is 2. The zero-order valence-corrected chi connectivity index (χ0v) is 41.9. The second-order valence-corrected chi connectivity index (χ2v) is 22.1. The highest BCUT2D eigenvalue weighted by Crippen LogP contribution is 2.39. The molecule has 4 aliphatic rings. The highest BCUT2D eigenvalue weighted by Gasteiger charge is 2.40. The van der Waals surface area contributed by atoms with E-state index in [0.717, 1.165) is 81.1 Å². The molecule has 5 rings (SSSR count). The summed E-state index contributed by atoms with van der Waals surface area (Å²) in [6.07, 6.45) is 13.6. The molecule has 6 atom stereocenters. The van der Waals surface area contributed by atoms with Gasteiger partial charge in [0.05, 0.1) is 57.0 Å². The monoisotopic (exact) mass is 974 g/mol. The van der Waals surface area contributed by atoms with Crippen molar-refractivity contribution in [3.8, 4) is 0 Å². The van der Waals surface area contributed by atoms with Gasteiger partial charge in [0.25, 0.3) is 0 Å². The van der Waals surface area contributed by atoms with Crippen molar-refractivity contribution >= 4 is 68.0 Å². The van der Waals surface area contributed by atoms with E-state index in [0.29, 0.717) is 49.7 Å². The molecule has 14 nitrogen and oxygen atoms in total. The van der Waals surface area contributed by atoms with Gasteiger partial charge >= 0.3 is 5.97 Å². The molecule has 0 spiro atoms. The molecule has 0 aromatic carbocycles. The molecule has 0 saturated carbocycles. The number of carbonyl (C=O) groups excluding carboxylic acids is 2. The Kier molecular flexibility index (Phi) is 34.3. The number of hydrogen-bond acceptors (Lipinski definition) is 14. The first-order valence-corrected chi connectivity index (χ1v) is 26.1. The number of piperidine rings is 1. The van der Waals surface area contributed by atoms with Crippen LogP contribution in [0, 0.1) is 6.57 Å². The summed E-state index contributed by atoms with van der Waals surface area (Å²) >= 11 is 0. The van der Waals surface area contributed by atoms with Gasteiger partial charge in [0.15, 0.2) is 0 Å². The minimum atomic E-state index is -2.88. The van der Waals surface area contributed by atoms with Crippen LogP contribution in [0.25, 0.3) is 4.85 Å². The van der Waals surface area contributed by atoms with E-state index in [1.807, 2.05) is 21.6 Å². The van der Waals surface area contributed by atoms with Crippen molar-refractivity contribution in [1.29, 1.82) is 0 Å². The largest absolute Gasteiger partial charge is 0.456 e. The van der Waals surface area contributed by atoms with Crippen LogP contribution in [0.1, 0.15) is 101 Å². The summed E-state index contributed by atoms with van der Waals surface area (Å²) in [5, 5.41) is 23.4. The quantitative estimate of drug-likeness (QED) is 0.0463. The Balaban J connectivity index is 0.000000797. The van der Waals surface area contributed by atoms with Crippen molar-refractivity contribution in [2.75, 3.05) is 97.4 Å². The van der Waals surface area contributed by atoms with Gasteiger partial charge in [0.1, 0.15) is 47.1 Å². The van der Waals surface area contributed by atoms with Crippen molar-refractivity contribution in [2.45, 2.75) is 127 Å². The number of quaternary nitrogens is 1. The molecule has 4 saturated heterocycles. The molecule has 19 heteroatoms. The number of esters is 1. The van der Waals surface area contributed by atoms with Crippen molar-refractivity contribution in [2.24, 2.45) is 0 Å². The average Bonchev–Trinajstić information content (AvgIpc) is 3.99. The highest BCUT2D eigenvalue weighted by atomic mass is 35.5. The number of ketones is 1. The number of hydrogen-bond donors (Lipinski definition) is 3. The Bertz CT molecular complexity index is 1460. The minimum absolute atomic E-state index is 0. The van der Waals surface area contributed by atoms with Gasteiger partial charge in [-0.3, -0.25) is 4.98 Å². The predicted molar refractivity (Wildman–Crippen MR) is 257 cm³/mol. The summed E-state index contributed by atoms with van der Waals surface area (Å²) in [7, 11) is 7.31. The van der Waals surface area contributed by atoms with E-state index < -0.39 is 28.1 Å². The van der Waals surface area contributed by atoms with Crippen LogP contribution in [0.5, 0.6) is 0 Å². The molecule has 1 aromatic rings. The Morgan fingerprint density at radius 2 is 1.77 bits per heavy atom. The molecule has 5 heterocycles. The number of likely N-dealkylation sites (tertiary alicyclic amines) is 1. The fraction of sp³-hybridized carbons (Fsp3) is 0.814. The Morgan fingerprint density at radius 1 is 1.05 bits per heavy atom. The summed E-state index contributed by atoms with van der Waals surface area (Å²) in [6, 6.07) is 3.41. The number of rotatable bonds is 20. The molecule has 0 radical (unpaired) electrons. The summed E-state index contributed by atoms with van der Waals surface area (Å²) < 4.78 is 40.3. The van der Waals surface area contributed by atoms with Gasteiger partial charge in [-0.2, -0.15) is 0 Å². The lowest BCUT2D eigenvalue weighted by molar-refractivity contribution is -0.870. The van der Waals surface area contributed by atoms with E-state index in [2.05, 4.69) is 41.2 Å².